The molecule has 0 bridgehead atoms. The predicted octanol–water partition coefficient (Wildman–Crippen LogP) is 7.55. The number of fused-ring (bicyclic) bond motifs is 1. The summed E-state index contributed by atoms with van der Waals surface area (Å²) in [5, 5.41) is 3.58. The Morgan fingerprint density at radius 1 is 0.857 bits per heavy atom. The van der Waals surface area contributed by atoms with Gasteiger partial charge in [-0.1, -0.05) is 80.6 Å². The lowest BCUT2D eigenvalue weighted by atomic mass is 9.97. The molecule has 1 N–H and O–H groups in total. The maximum absolute atomic E-state index is 13.7. The summed E-state index contributed by atoms with van der Waals surface area (Å²) in [5.41, 5.74) is 5.80. The molecular weight excluding hydrogens is 432 g/mol. The Morgan fingerprint density at radius 2 is 1.54 bits per heavy atom. The van der Waals surface area contributed by atoms with Gasteiger partial charge in [-0.3, -0.25) is 9.69 Å². The fourth-order valence-corrected chi connectivity index (χ4v) is 4.44. The summed E-state index contributed by atoms with van der Waals surface area (Å²) in [6, 6.07) is 34.2. The summed E-state index contributed by atoms with van der Waals surface area (Å²) in [5.74, 6) is 1.27. The molecule has 0 fully saturated rings. The summed E-state index contributed by atoms with van der Waals surface area (Å²) in [7, 11) is 0. The minimum absolute atomic E-state index is 0.00922. The number of rotatable bonds is 7. The minimum Gasteiger partial charge on any atom is -0.489 e. The van der Waals surface area contributed by atoms with Crippen molar-refractivity contribution in [2.75, 3.05) is 10.2 Å². The van der Waals surface area contributed by atoms with Gasteiger partial charge in [0.15, 0.2) is 0 Å². The normalized spacial score (nSPS) is 15.8. The van der Waals surface area contributed by atoms with Crippen molar-refractivity contribution >= 4 is 17.3 Å². The van der Waals surface area contributed by atoms with Gasteiger partial charge in [-0.05, 0) is 65.4 Å². The number of nitrogens with one attached hydrogen (secondary N) is 1. The molecular formula is C31H30N2O2. The number of carbonyl (C=O) groups is 1. The maximum atomic E-state index is 13.7. The molecule has 2 atom stereocenters. The highest BCUT2D eigenvalue weighted by Gasteiger charge is 2.34. The lowest BCUT2D eigenvalue weighted by Crippen LogP contribution is -2.43. The highest BCUT2D eigenvalue weighted by Crippen LogP contribution is 2.37. The second-order valence-electron chi connectivity index (χ2n) is 9.01. The number of hydrogen-bond acceptors (Lipinski definition) is 3. The van der Waals surface area contributed by atoms with E-state index in [9.17, 15) is 4.79 Å². The van der Waals surface area contributed by atoms with Crippen LogP contribution in [0.25, 0.3) is 0 Å². The molecule has 0 aromatic heterocycles. The molecule has 4 nitrogen and oxygen atoms in total. The third-order valence-electron chi connectivity index (χ3n) is 6.72. The van der Waals surface area contributed by atoms with Crippen LogP contribution in [0.4, 0.5) is 11.4 Å². The number of anilines is 2. The van der Waals surface area contributed by atoms with Gasteiger partial charge in [0, 0.05) is 11.4 Å². The topological polar surface area (TPSA) is 41.6 Å². The van der Waals surface area contributed by atoms with E-state index < -0.39 is 0 Å². The first kappa shape index (κ1) is 22.7. The maximum Gasteiger partial charge on any atom is 0.262 e. The van der Waals surface area contributed by atoms with E-state index in [1.807, 2.05) is 83.8 Å². The minimum atomic E-state index is -0.324. The SMILES string of the molecule is CCC(C)c1ccc(N2C(=O)c3ccccc3NC2c2ccc(OCc3ccccc3)cc2)cc1. The van der Waals surface area contributed by atoms with Crippen molar-refractivity contribution < 1.29 is 9.53 Å². The number of nitrogens with zero attached hydrogens (tertiary/aromatic N) is 1. The van der Waals surface area contributed by atoms with Crippen LogP contribution in [0.5, 0.6) is 5.75 Å². The lowest BCUT2D eigenvalue weighted by Gasteiger charge is -2.38. The molecule has 1 aliphatic heterocycles. The molecule has 1 aliphatic rings. The van der Waals surface area contributed by atoms with E-state index in [-0.39, 0.29) is 12.1 Å². The van der Waals surface area contributed by atoms with E-state index in [1.165, 1.54) is 5.56 Å². The summed E-state index contributed by atoms with van der Waals surface area (Å²) >= 11 is 0. The van der Waals surface area contributed by atoms with Crippen molar-refractivity contribution in [1.29, 1.82) is 0 Å². The van der Waals surface area contributed by atoms with Gasteiger partial charge in [0.25, 0.3) is 5.91 Å². The average Bonchev–Trinajstić information content (AvgIpc) is 2.92. The second kappa shape index (κ2) is 10.1. The quantitative estimate of drug-likeness (QED) is 0.308. The third-order valence-corrected chi connectivity index (χ3v) is 6.72. The highest BCUT2D eigenvalue weighted by molar-refractivity contribution is 6.12. The van der Waals surface area contributed by atoms with Crippen molar-refractivity contribution in [1.82, 2.24) is 0 Å². The van der Waals surface area contributed by atoms with Crippen molar-refractivity contribution in [2.45, 2.75) is 39.0 Å². The molecule has 0 aliphatic carbocycles. The van der Waals surface area contributed by atoms with Gasteiger partial charge in [-0.2, -0.15) is 0 Å². The fraction of sp³-hybridized carbons (Fsp3) is 0.194. The first-order chi connectivity index (χ1) is 17.1. The molecule has 176 valence electrons. The van der Waals surface area contributed by atoms with E-state index in [4.69, 9.17) is 4.74 Å². The van der Waals surface area contributed by atoms with Crippen molar-refractivity contribution in [3.05, 3.63) is 125 Å². The Morgan fingerprint density at radius 3 is 2.26 bits per heavy atom. The van der Waals surface area contributed by atoms with Crippen LogP contribution in [0, 0.1) is 0 Å². The molecule has 4 heteroatoms. The second-order valence-corrected chi connectivity index (χ2v) is 9.01. The molecule has 4 aromatic rings. The summed E-state index contributed by atoms with van der Waals surface area (Å²) in [6.45, 7) is 4.93. The zero-order valence-electron chi connectivity index (χ0n) is 20.1. The number of benzene rings is 4. The van der Waals surface area contributed by atoms with Crippen LogP contribution >= 0.6 is 0 Å². The molecule has 0 saturated carbocycles. The van der Waals surface area contributed by atoms with E-state index in [0.29, 0.717) is 18.1 Å². The monoisotopic (exact) mass is 462 g/mol. The first-order valence-corrected chi connectivity index (χ1v) is 12.2. The average molecular weight is 463 g/mol. The number of hydrogen-bond donors (Lipinski definition) is 1. The molecule has 35 heavy (non-hydrogen) atoms. The molecule has 2 unspecified atom stereocenters. The van der Waals surface area contributed by atoms with Crippen LogP contribution in [0.15, 0.2) is 103 Å². The molecule has 5 rings (SSSR count). The van der Waals surface area contributed by atoms with Crippen LogP contribution < -0.4 is 15.0 Å². The van der Waals surface area contributed by atoms with Gasteiger partial charge in [0.05, 0.1) is 5.56 Å². The van der Waals surface area contributed by atoms with E-state index in [2.05, 4.69) is 43.4 Å². The summed E-state index contributed by atoms with van der Waals surface area (Å²) in [6.07, 6.45) is 0.758. The summed E-state index contributed by atoms with van der Waals surface area (Å²) in [4.78, 5) is 15.5. The van der Waals surface area contributed by atoms with Crippen LogP contribution in [-0.4, -0.2) is 5.91 Å². The molecule has 0 radical (unpaired) electrons. The first-order valence-electron chi connectivity index (χ1n) is 12.2. The van der Waals surface area contributed by atoms with Gasteiger partial charge in [0.2, 0.25) is 0 Å². The predicted molar refractivity (Wildman–Crippen MR) is 142 cm³/mol. The fourth-order valence-electron chi connectivity index (χ4n) is 4.44. The Bertz CT molecular complexity index is 1280. The van der Waals surface area contributed by atoms with Gasteiger partial charge in [0.1, 0.15) is 18.5 Å². The molecule has 4 aromatic carbocycles. The molecule has 0 spiro atoms. The van der Waals surface area contributed by atoms with Crippen LogP contribution in [0.2, 0.25) is 0 Å². The van der Waals surface area contributed by atoms with E-state index in [1.54, 1.807) is 0 Å². The number of ether oxygens (including phenoxy) is 1. The van der Waals surface area contributed by atoms with E-state index >= 15 is 0 Å². The van der Waals surface area contributed by atoms with Gasteiger partial charge < -0.3 is 10.1 Å². The third kappa shape index (κ3) is 4.78. The van der Waals surface area contributed by atoms with Crippen LogP contribution in [0.1, 0.15) is 59.4 Å². The molecule has 0 saturated heterocycles. The van der Waals surface area contributed by atoms with E-state index in [0.717, 1.165) is 34.7 Å². The zero-order chi connectivity index (χ0) is 24.2. The smallest absolute Gasteiger partial charge is 0.262 e. The highest BCUT2D eigenvalue weighted by atomic mass is 16.5. The summed E-state index contributed by atoms with van der Waals surface area (Å²) < 4.78 is 5.97. The molecule has 1 amide bonds. The molecule has 1 heterocycles. The zero-order valence-corrected chi connectivity index (χ0v) is 20.1. The van der Waals surface area contributed by atoms with Crippen molar-refractivity contribution in [3.8, 4) is 5.75 Å². The van der Waals surface area contributed by atoms with Crippen molar-refractivity contribution in [3.63, 3.8) is 0 Å². The Hall–Kier alpha value is -4.05. The van der Waals surface area contributed by atoms with Gasteiger partial charge in [-0.25, -0.2) is 0 Å². The Kier molecular flexibility index (Phi) is 6.53. The lowest BCUT2D eigenvalue weighted by molar-refractivity contribution is 0.0975. The number of carbonyl (C=O) groups excluding carboxylic acids is 1. The van der Waals surface area contributed by atoms with Crippen LogP contribution in [0.3, 0.4) is 0 Å². The van der Waals surface area contributed by atoms with Gasteiger partial charge in [-0.15, -0.1) is 0 Å². The van der Waals surface area contributed by atoms with Crippen molar-refractivity contribution in [2.24, 2.45) is 0 Å². The largest absolute Gasteiger partial charge is 0.489 e. The van der Waals surface area contributed by atoms with Gasteiger partial charge >= 0.3 is 0 Å². The Balaban J connectivity index is 1.44. The number of amides is 1. The number of para-hydroxylation sites is 1. The standard InChI is InChI=1S/C31H30N2O2/c1-3-22(2)24-13-17-26(18-14-24)33-30(32-29-12-8-7-11-28(29)31(33)34)25-15-19-27(20-16-25)35-21-23-9-5-4-6-10-23/h4-20,22,30,32H,3,21H2,1-2H3. The van der Waals surface area contributed by atoms with Crippen LogP contribution in [-0.2, 0) is 6.61 Å². The Labute approximate surface area is 207 Å².